The lowest BCUT2D eigenvalue weighted by molar-refractivity contribution is 0.326. The van der Waals surface area contributed by atoms with Crippen molar-refractivity contribution < 1.29 is 4.74 Å². The maximum absolute atomic E-state index is 6.10. The molecule has 0 unspecified atom stereocenters. The second-order valence-corrected chi connectivity index (χ2v) is 8.34. The summed E-state index contributed by atoms with van der Waals surface area (Å²) >= 11 is 1.76. The highest BCUT2D eigenvalue weighted by Crippen LogP contribution is 2.44. The number of benzene rings is 1. The van der Waals surface area contributed by atoms with Crippen LogP contribution in [0.1, 0.15) is 25.5 Å². The van der Waals surface area contributed by atoms with Crippen LogP contribution < -0.4 is 4.74 Å². The molecule has 0 bridgehead atoms. The van der Waals surface area contributed by atoms with E-state index in [1.807, 2.05) is 17.1 Å². The van der Waals surface area contributed by atoms with E-state index in [-0.39, 0.29) is 6.04 Å². The Labute approximate surface area is 173 Å². The molecule has 1 aromatic carbocycles. The number of thiophene rings is 1. The number of hydrogen-bond acceptors (Lipinski definition) is 5. The van der Waals surface area contributed by atoms with Crippen LogP contribution in [0.5, 0.6) is 5.75 Å². The Balaban J connectivity index is 1.57. The fourth-order valence-electron chi connectivity index (χ4n) is 3.62. The van der Waals surface area contributed by atoms with Gasteiger partial charge in [-0.05, 0) is 50.1 Å². The normalized spacial score (nSPS) is 13.1. The predicted octanol–water partition coefficient (Wildman–Crippen LogP) is 4.90. The standard InChI is InChI=1S/C22H21N5OS/c1-4-26-12-17(11-24-26)15-5-6-18-19(9-15)28-8-7-16-10-20(29-21(16)18)22-23-13-25-27(22)14(2)3/h4-6,9-14H,1,7-8H2,2-3H3. The SMILES string of the molecule is [CH2][CH]n1cc(-c2ccc3c(c2)OCCc2cc(-c4ncnn4C(C)C)sc2-3)cn1. The smallest absolute Gasteiger partial charge is 0.168 e. The monoisotopic (exact) mass is 403 g/mol. The summed E-state index contributed by atoms with van der Waals surface area (Å²) in [4.78, 5) is 6.90. The van der Waals surface area contributed by atoms with Crippen LogP contribution in [0.2, 0.25) is 0 Å². The molecule has 146 valence electrons. The van der Waals surface area contributed by atoms with E-state index in [2.05, 4.69) is 60.2 Å². The van der Waals surface area contributed by atoms with Crippen molar-refractivity contribution >= 4 is 11.3 Å². The van der Waals surface area contributed by atoms with Crippen LogP contribution in [-0.2, 0) is 6.42 Å². The molecule has 2 radical (unpaired) electrons. The minimum atomic E-state index is 0.268. The second-order valence-electron chi connectivity index (χ2n) is 7.29. The first-order chi connectivity index (χ1) is 14.1. The van der Waals surface area contributed by atoms with Gasteiger partial charge in [0, 0.05) is 34.7 Å². The Morgan fingerprint density at radius 2 is 2.10 bits per heavy atom. The zero-order valence-electron chi connectivity index (χ0n) is 16.4. The second kappa shape index (κ2) is 7.15. The van der Waals surface area contributed by atoms with Gasteiger partial charge in [-0.1, -0.05) is 6.07 Å². The van der Waals surface area contributed by atoms with Crippen molar-refractivity contribution in [1.29, 1.82) is 0 Å². The van der Waals surface area contributed by atoms with Crippen LogP contribution in [0.25, 0.3) is 32.3 Å². The van der Waals surface area contributed by atoms with E-state index in [1.165, 1.54) is 10.4 Å². The van der Waals surface area contributed by atoms with Crippen LogP contribution in [0.3, 0.4) is 0 Å². The summed E-state index contributed by atoms with van der Waals surface area (Å²) in [5.74, 6) is 1.83. The minimum Gasteiger partial charge on any atom is -0.493 e. The summed E-state index contributed by atoms with van der Waals surface area (Å²) in [5, 5.41) is 8.66. The Kier molecular flexibility index (Phi) is 4.47. The van der Waals surface area contributed by atoms with E-state index >= 15 is 0 Å². The van der Waals surface area contributed by atoms with Crippen molar-refractivity contribution in [3.05, 3.63) is 62.0 Å². The van der Waals surface area contributed by atoms with Gasteiger partial charge in [-0.25, -0.2) is 9.67 Å². The molecule has 1 aliphatic heterocycles. The average molecular weight is 404 g/mol. The first-order valence-electron chi connectivity index (χ1n) is 9.61. The molecule has 0 saturated heterocycles. The Morgan fingerprint density at radius 1 is 1.21 bits per heavy atom. The minimum absolute atomic E-state index is 0.268. The molecule has 0 fully saturated rings. The molecule has 0 amide bonds. The number of fused-ring (bicyclic) bond motifs is 3. The van der Waals surface area contributed by atoms with Gasteiger partial charge >= 0.3 is 0 Å². The Morgan fingerprint density at radius 3 is 2.90 bits per heavy atom. The van der Waals surface area contributed by atoms with E-state index in [4.69, 9.17) is 4.74 Å². The average Bonchev–Trinajstić information content (AvgIpc) is 3.45. The molecular formula is C22H21N5OS. The summed E-state index contributed by atoms with van der Waals surface area (Å²) in [6.45, 7) is 10.3. The van der Waals surface area contributed by atoms with Crippen molar-refractivity contribution in [1.82, 2.24) is 24.5 Å². The molecular weight excluding hydrogens is 382 g/mol. The van der Waals surface area contributed by atoms with Gasteiger partial charge in [-0.2, -0.15) is 10.2 Å². The largest absolute Gasteiger partial charge is 0.493 e. The van der Waals surface area contributed by atoms with Crippen LogP contribution in [-0.4, -0.2) is 31.2 Å². The predicted molar refractivity (Wildman–Crippen MR) is 115 cm³/mol. The fraction of sp³-hybridized carbons (Fsp3) is 0.227. The third kappa shape index (κ3) is 3.15. The first kappa shape index (κ1) is 18.1. The number of aromatic nitrogens is 5. The Bertz CT molecular complexity index is 1170. The zero-order chi connectivity index (χ0) is 20.0. The van der Waals surface area contributed by atoms with E-state index < -0.39 is 0 Å². The lowest BCUT2D eigenvalue weighted by atomic mass is 10.0. The van der Waals surface area contributed by atoms with Gasteiger partial charge < -0.3 is 4.74 Å². The maximum Gasteiger partial charge on any atom is 0.168 e. The van der Waals surface area contributed by atoms with Crippen molar-refractivity contribution in [3.63, 3.8) is 0 Å². The van der Waals surface area contributed by atoms with E-state index in [1.54, 1.807) is 28.9 Å². The van der Waals surface area contributed by atoms with Crippen molar-refractivity contribution in [2.45, 2.75) is 26.3 Å². The van der Waals surface area contributed by atoms with E-state index in [9.17, 15) is 0 Å². The lowest BCUT2D eigenvalue weighted by Gasteiger charge is -2.10. The first-order valence-corrected chi connectivity index (χ1v) is 10.4. The van der Waals surface area contributed by atoms with Gasteiger partial charge in [0.1, 0.15) is 12.1 Å². The van der Waals surface area contributed by atoms with Gasteiger partial charge in [-0.3, -0.25) is 4.68 Å². The van der Waals surface area contributed by atoms with Crippen molar-refractivity contribution in [2.24, 2.45) is 0 Å². The fourth-order valence-corrected chi connectivity index (χ4v) is 4.85. The van der Waals surface area contributed by atoms with E-state index in [0.717, 1.165) is 39.6 Å². The third-order valence-electron chi connectivity index (χ3n) is 5.07. The molecule has 0 saturated carbocycles. The van der Waals surface area contributed by atoms with Gasteiger partial charge in [0.15, 0.2) is 5.82 Å². The van der Waals surface area contributed by atoms with E-state index in [0.29, 0.717) is 6.61 Å². The van der Waals surface area contributed by atoms with Gasteiger partial charge in [0.2, 0.25) is 0 Å². The summed E-state index contributed by atoms with van der Waals surface area (Å²) in [7, 11) is 0. The lowest BCUT2D eigenvalue weighted by Crippen LogP contribution is -2.04. The molecule has 29 heavy (non-hydrogen) atoms. The topological polar surface area (TPSA) is 57.8 Å². The van der Waals surface area contributed by atoms with Gasteiger partial charge in [0.05, 0.1) is 24.2 Å². The molecule has 0 spiro atoms. The van der Waals surface area contributed by atoms with Crippen LogP contribution in [0.4, 0.5) is 0 Å². The molecule has 4 heterocycles. The molecule has 3 aromatic heterocycles. The maximum atomic E-state index is 6.10. The quantitative estimate of drug-likeness (QED) is 0.486. The highest BCUT2D eigenvalue weighted by molar-refractivity contribution is 7.19. The number of hydrogen-bond donors (Lipinski definition) is 0. The molecule has 6 nitrogen and oxygen atoms in total. The number of nitrogens with zero attached hydrogens (tertiary/aromatic N) is 5. The molecule has 5 rings (SSSR count). The highest BCUT2D eigenvalue weighted by atomic mass is 32.1. The van der Waals surface area contributed by atoms with Gasteiger partial charge in [0.25, 0.3) is 0 Å². The van der Waals surface area contributed by atoms with Crippen LogP contribution >= 0.6 is 11.3 Å². The summed E-state index contributed by atoms with van der Waals surface area (Å²) in [5.41, 5.74) is 4.55. The van der Waals surface area contributed by atoms with Crippen LogP contribution in [0.15, 0.2) is 43.0 Å². The third-order valence-corrected chi connectivity index (χ3v) is 6.28. The molecule has 0 N–H and O–H groups in total. The molecule has 0 atom stereocenters. The molecule has 1 aliphatic rings. The Hall–Kier alpha value is -2.93. The van der Waals surface area contributed by atoms with Crippen molar-refractivity contribution in [2.75, 3.05) is 6.61 Å². The molecule has 7 heteroatoms. The summed E-state index contributed by atoms with van der Waals surface area (Å²) in [6, 6.07) is 8.88. The van der Waals surface area contributed by atoms with Gasteiger partial charge in [-0.15, -0.1) is 11.3 Å². The number of rotatable bonds is 4. The van der Waals surface area contributed by atoms with Crippen molar-refractivity contribution in [3.8, 4) is 38.0 Å². The zero-order valence-corrected chi connectivity index (χ0v) is 17.2. The molecule has 0 aliphatic carbocycles. The molecule has 4 aromatic rings. The summed E-state index contributed by atoms with van der Waals surface area (Å²) in [6.07, 6.45) is 6.31. The van der Waals surface area contributed by atoms with Crippen LogP contribution in [0, 0.1) is 13.5 Å². The number of ether oxygens (including phenoxy) is 1. The highest BCUT2D eigenvalue weighted by Gasteiger charge is 2.22. The summed E-state index contributed by atoms with van der Waals surface area (Å²) < 4.78 is 9.78.